The van der Waals surface area contributed by atoms with Gasteiger partial charge in [0.15, 0.2) is 11.5 Å². The van der Waals surface area contributed by atoms with Crippen LogP contribution in [0.5, 0.6) is 11.5 Å². The van der Waals surface area contributed by atoms with E-state index in [2.05, 4.69) is 20.7 Å². The van der Waals surface area contributed by atoms with Gasteiger partial charge >= 0.3 is 0 Å². The zero-order chi connectivity index (χ0) is 17.2. The van der Waals surface area contributed by atoms with Crippen LogP contribution < -0.4 is 14.8 Å². The molecule has 0 radical (unpaired) electrons. The maximum Gasteiger partial charge on any atom is 0.297 e. The number of anilines is 1. The van der Waals surface area contributed by atoms with Gasteiger partial charge in [-0.2, -0.15) is 0 Å². The maximum atomic E-state index is 12.9. The molecule has 1 aliphatic heterocycles. The summed E-state index contributed by atoms with van der Waals surface area (Å²) in [5, 5.41) is 14.2. The third-order valence-corrected chi connectivity index (χ3v) is 3.47. The molecule has 126 valence electrons. The van der Waals surface area contributed by atoms with Gasteiger partial charge in [0.05, 0.1) is 5.69 Å². The van der Waals surface area contributed by atoms with Crippen LogP contribution >= 0.6 is 0 Å². The SMILES string of the molecule is O=C(Nc1ccc2c(c1)OCCO2)c1nnn(-c2ccc(F)cc2)n1. The number of nitrogens with zero attached hydrogens (tertiary/aromatic N) is 4. The van der Waals surface area contributed by atoms with E-state index in [1.54, 1.807) is 18.2 Å². The van der Waals surface area contributed by atoms with E-state index in [0.29, 0.717) is 36.1 Å². The highest BCUT2D eigenvalue weighted by Crippen LogP contribution is 2.32. The average molecular weight is 341 g/mol. The molecule has 0 saturated heterocycles. The van der Waals surface area contributed by atoms with Crippen LogP contribution in [-0.2, 0) is 0 Å². The van der Waals surface area contributed by atoms with Gasteiger partial charge in [0.1, 0.15) is 19.0 Å². The van der Waals surface area contributed by atoms with Crippen LogP contribution in [0.1, 0.15) is 10.6 Å². The van der Waals surface area contributed by atoms with Crippen LogP contribution in [0.4, 0.5) is 10.1 Å². The number of hydrogen-bond acceptors (Lipinski definition) is 6. The van der Waals surface area contributed by atoms with E-state index in [9.17, 15) is 9.18 Å². The first-order valence-corrected chi connectivity index (χ1v) is 7.46. The van der Waals surface area contributed by atoms with E-state index in [1.165, 1.54) is 24.3 Å². The van der Waals surface area contributed by atoms with Gasteiger partial charge in [0.2, 0.25) is 0 Å². The molecule has 8 nitrogen and oxygen atoms in total. The van der Waals surface area contributed by atoms with Gasteiger partial charge < -0.3 is 14.8 Å². The van der Waals surface area contributed by atoms with Gasteiger partial charge in [-0.15, -0.1) is 15.0 Å². The number of carbonyl (C=O) groups is 1. The number of carbonyl (C=O) groups excluding carboxylic acids is 1. The molecule has 1 N–H and O–H groups in total. The molecule has 25 heavy (non-hydrogen) atoms. The normalized spacial score (nSPS) is 12.7. The van der Waals surface area contributed by atoms with Gasteiger partial charge in [0.25, 0.3) is 11.7 Å². The number of aromatic nitrogens is 4. The van der Waals surface area contributed by atoms with E-state index in [1.807, 2.05) is 0 Å². The molecule has 2 heterocycles. The van der Waals surface area contributed by atoms with Crippen LogP contribution in [0.3, 0.4) is 0 Å². The standard InChI is InChI=1S/C16H12FN5O3/c17-10-1-4-12(5-2-10)22-20-15(19-21-22)16(23)18-11-3-6-13-14(9-11)25-8-7-24-13/h1-6,9H,7-8H2,(H,18,23). The largest absolute Gasteiger partial charge is 0.486 e. The lowest BCUT2D eigenvalue weighted by atomic mass is 10.2. The summed E-state index contributed by atoms with van der Waals surface area (Å²) in [5.41, 5.74) is 1.01. The first kappa shape index (κ1) is 15.1. The zero-order valence-corrected chi connectivity index (χ0v) is 12.8. The Morgan fingerprint density at radius 1 is 1.08 bits per heavy atom. The van der Waals surface area contributed by atoms with E-state index in [4.69, 9.17) is 9.47 Å². The summed E-state index contributed by atoms with van der Waals surface area (Å²) in [6.07, 6.45) is 0. The van der Waals surface area contributed by atoms with Crippen LogP contribution in [0.2, 0.25) is 0 Å². The van der Waals surface area contributed by atoms with Gasteiger partial charge in [-0.05, 0) is 41.6 Å². The van der Waals surface area contributed by atoms with Crippen molar-refractivity contribution in [1.82, 2.24) is 20.2 Å². The monoisotopic (exact) mass is 341 g/mol. The number of rotatable bonds is 3. The molecule has 1 amide bonds. The Morgan fingerprint density at radius 2 is 1.84 bits per heavy atom. The number of nitrogens with one attached hydrogen (secondary N) is 1. The number of benzene rings is 2. The number of halogens is 1. The second-order valence-corrected chi connectivity index (χ2v) is 5.19. The van der Waals surface area contributed by atoms with Crippen LogP contribution in [0.15, 0.2) is 42.5 Å². The van der Waals surface area contributed by atoms with Crippen molar-refractivity contribution in [3.8, 4) is 17.2 Å². The van der Waals surface area contributed by atoms with Crippen molar-refractivity contribution in [3.05, 3.63) is 54.1 Å². The minimum absolute atomic E-state index is 0.112. The molecule has 0 atom stereocenters. The second kappa shape index (κ2) is 6.19. The smallest absolute Gasteiger partial charge is 0.297 e. The molecule has 2 aromatic carbocycles. The fraction of sp³-hybridized carbons (Fsp3) is 0.125. The van der Waals surface area contributed by atoms with Gasteiger partial charge in [-0.25, -0.2) is 4.39 Å². The second-order valence-electron chi connectivity index (χ2n) is 5.19. The summed E-state index contributed by atoms with van der Waals surface area (Å²) in [4.78, 5) is 13.4. The molecule has 3 aromatic rings. The predicted octanol–water partition coefficient (Wildman–Crippen LogP) is 1.82. The van der Waals surface area contributed by atoms with Gasteiger partial charge in [-0.1, -0.05) is 0 Å². The molecule has 0 saturated carbocycles. The van der Waals surface area contributed by atoms with Crippen LogP contribution in [-0.4, -0.2) is 39.3 Å². The van der Waals surface area contributed by atoms with Crippen molar-refractivity contribution >= 4 is 11.6 Å². The summed E-state index contributed by atoms with van der Waals surface area (Å²) >= 11 is 0. The minimum Gasteiger partial charge on any atom is -0.486 e. The summed E-state index contributed by atoms with van der Waals surface area (Å²) in [7, 11) is 0. The van der Waals surface area contributed by atoms with Crippen molar-refractivity contribution in [1.29, 1.82) is 0 Å². The summed E-state index contributed by atoms with van der Waals surface area (Å²) in [6.45, 7) is 0.951. The number of ether oxygens (including phenoxy) is 2. The summed E-state index contributed by atoms with van der Waals surface area (Å²) < 4.78 is 23.8. The fourth-order valence-electron chi connectivity index (χ4n) is 2.30. The van der Waals surface area contributed by atoms with Crippen molar-refractivity contribution < 1.29 is 18.7 Å². The van der Waals surface area contributed by atoms with Crippen molar-refractivity contribution in [2.24, 2.45) is 0 Å². The number of tetrazole rings is 1. The van der Waals surface area contributed by atoms with E-state index < -0.39 is 5.91 Å². The lowest BCUT2D eigenvalue weighted by Gasteiger charge is -2.18. The highest BCUT2D eigenvalue weighted by atomic mass is 19.1. The first-order valence-electron chi connectivity index (χ1n) is 7.46. The van der Waals surface area contributed by atoms with Crippen molar-refractivity contribution in [2.45, 2.75) is 0 Å². The Hall–Kier alpha value is -3.49. The van der Waals surface area contributed by atoms with E-state index in [-0.39, 0.29) is 11.6 Å². The molecular weight excluding hydrogens is 329 g/mol. The summed E-state index contributed by atoms with van der Waals surface area (Å²) in [6, 6.07) is 10.6. The highest BCUT2D eigenvalue weighted by molar-refractivity contribution is 6.01. The molecule has 0 unspecified atom stereocenters. The molecule has 9 heteroatoms. The molecule has 0 aliphatic carbocycles. The lowest BCUT2D eigenvalue weighted by Crippen LogP contribution is -2.17. The average Bonchev–Trinajstić information content (AvgIpc) is 3.12. The van der Waals surface area contributed by atoms with Crippen molar-refractivity contribution in [3.63, 3.8) is 0 Å². The molecular formula is C16H12FN5O3. The molecule has 1 aliphatic rings. The van der Waals surface area contributed by atoms with Crippen molar-refractivity contribution in [2.75, 3.05) is 18.5 Å². The predicted molar refractivity (Wildman–Crippen MR) is 84.5 cm³/mol. The highest BCUT2D eigenvalue weighted by Gasteiger charge is 2.16. The van der Waals surface area contributed by atoms with Gasteiger partial charge in [0, 0.05) is 11.8 Å². The molecule has 0 fully saturated rings. The summed E-state index contributed by atoms with van der Waals surface area (Å²) in [5.74, 6) is 0.182. The zero-order valence-electron chi connectivity index (χ0n) is 12.8. The topological polar surface area (TPSA) is 91.2 Å². The Bertz CT molecular complexity index is 926. The fourth-order valence-corrected chi connectivity index (χ4v) is 2.30. The van der Waals surface area contributed by atoms with Crippen LogP contribution in [0, 0.1) is 5.82 Å². The van der Waals surface area contributed by atoms with E-state index >= 15 is 0 Å². The molecule has 1 aromatic heterocycles. The quantitative estimate of drug-likeness (QED) is 0.781. The molecule has 0 spiro atoms. The third kappa shape index (κ3) is 3.11. The Balaban J connectivity index is 1.51. The third-order valence-electron chi connectivity index (χ3n) is 3.47. The molecule has 4 rings (SSSR count). The van der Waals surface area contributed by atoms with E-state index in [0.717, 1.165) is 4.80 Å². The van der Waals surface area contributed by atoms with Gasteiger partial charge in [-0.3, -0.25) is 4.79 Å². The van der Waals surface area contributed by atoms with Crippen LogP contribution in [0.25, 0.3) is 5.69 Å². The number of fused-ring (bicyclic) bond motifs is 1. The Kier molecular flexibility index (Phi) is 3.73. The minimum atomic E-state index is -0.523. The first-order chi connectivity index (χ1) is 12.2. The molecule has 0 bridgehead atoms. The number of hydrogen-bond donors (Lipinski definition) is 1. The maximum absolute atomic E-state index is 12.9. The Morgan fingerprint density at radius 3 is 2.64 bits per heavy atom. The Labute approximate surface area is 141 Å². The lowest BCUT2D eigenvalue weighted by molar-refractivity contribution is 0.101. The number of amides is 1.